The van der Waals surface area contributed by atoms with Crippen LogP contribution in [0.25, 0.3) is 0 Å². The quantitative estimate of drug-likeness (QED) is 0.742. The van der Waals surface area contributed by atoms with Crippen LogP contribution < -0.4 is 5.32 Å². The van der Waals surface area contributed by atoms with E-state index in [1.165, 1.54) is 24.6 Å². The first-order chi connectivity index (χ1) is 6.93. The van der Waals surface area contributed by atoms with Gasteiger partial charge in [0.25, 0.3) is 0 Å². The summed E-state index contributed by atoms with van der Waals surface area (Å²) in [7, 11) is 0. The van der Waals surface area contributed by atoms with Gasteiger partial charge in [-0.25, -0.2) is 0 Å². The van der Waals surface area contributed by atoms with Crippen molar-refractivity contribution >= 4 is 17.4 Å². The van der Waals surface area contributed by atoms with Crippen LogP contribution in [0.5, 0.6) is 0 Å². The molecule has 0 aromatic heterocycles. The highest BCUT2D eigenvalue weighted by Gasteiger charge is 1.93. The van der Waals surface area contributed by atoms with E-state index in [2.05, 4.69) is 10.5 Å². The van der Waals surface area contributed by atoms with Crippen molar-refractivity contribution in [1.82, 2.24) is 5.32 Å². The molecule has 2 rings (SSSR count). The SMILES string of the molecule is C1CSCCN1.O.O=Nc1ccccc1. The molecule has 0 spiro atoms. The molecule has 1 aliphatic heterocycles. The normalized spacial score (nSPS) is 14.1. The first kappa shape index (κ1) is 14.1. The zero-order valence-corrected chi connectivity index (χ0v) is 9.30. The fourth-order valence-electron chi connectivity index (χ4n) is 1.00. The van der Waals surface area contributed by atoms with Crippen molar-refractivity contribution in [2.24, 2.45) is 5.18 Å². The van der Waals surface area contributed by atoms with Gasteiger partial charge in [-0.05, 0) is 17.3 Å². The molecule has 0 saturated carbocycles. The van der Waals surface area contributed by atoms with Crippen molar-refractivity contribution in [3.05, 3.63) is 35.2 Å². The lowest BCUT2D eigenvalue weighted by atomic mass is 10.3. The Morgan fingerprint density at radius 1 is 1.13 bits per heavy atom. The molecular weight excluding hydrogens is 212 g/mol. The van der Waals surface area contributed by atoms with Crippen LogP contribution in [0.2, 0.25) is 0 Å². The number of nitrogens with one attached hydrogen (secondary N) is 1. The first-order valence-electron chi connectivity index (χ1n) is 4.60. The minimum absolute atomic E-state index is 0. The lowest BCUT2D eigenvalue weighted by molar-refractivity contribution is 0.756. The molecule has 0 atom stereocenters. The summed E-state index contributed by atoms with van der Waals surface area (Å²) in [5.41, 5.74) is 0.479. The number of hydrogen-bond acceptors (Lipinski definition) is 4. The number of nitrogens with zero attached hydrogens (tertiary/aromatic N) is 1. The molecule has 0 radical (unpaired) electrons. The van der Waals surface area contributed by atoms with Crippen molar-refractivity contribution in [1.29, 1.82) is 0 Å². The molecule has 84 valence electrons. The molecule has 1 heterocycles. The smallest absolute Gasteiger partial charge is 0.107 e. The predicted octanol–water partition coefficient (Wildman–Crippen LogP) is 1.58. The van der Waals surface area contributed by atoms with Gasteiger partial charge in [-0.1, -0.05) is 18.2 Å². The van der Waals surface area contributed by atoms with E-state index in [9.17, 15) is 4.91 Å². The van der Waals surface area contributed by atoms with E-state index >= 15 is 0 Å². The summed E-state index contributed by atoms with van der Waals surface area (Å²) in [6, 6.07) is 8.71. The van der Waals surface area contributed by atoms with Crippen molar-refractivity contribution in [2.75, 3.05) is 24.6 Å². The highest BCUT2D eigenvalue weighted by molar-refractivity contribution is 7.99. The predicted molar refractivity (Wildman–Crippen MR) is 65.7 cm³/mol. The van der Waals surface area contributed by atoms with Gasteiger partial charge in [0, 0.05) is 24.6 Å². The van der Waals surface area contributed by atoms with E-state index < -0.39 is 0 Å². The van der Waals surface area contributed by atoms with Gasteiger partial charge < -0.3 is 10.8 Å². The maximum Gasteiger partial charge on any atom is 0.107 e. The van der Waals surface area contributed by atoms with E-state index in [0.717, 1.165) is 0 Å². The number of nitroso groups, excluding NO2 is 1. The van der Waals surface area contributed by atoms with Gasteiger partial charge in [0.05, 0.1) is 0 Å². The maximum absolute atomic E-state index is 9.76. The molecule has 15 heavy (non-hydrogen) atoms. The summed E-state index contributed by atoms with van der Waals surface area (Å²) in [6.07, 6.45) is 0. The summed E-state index contributed by atoms with van der Waals surface area (Å²) in [5, 5.41) is 5.98. The Labute approximate surface area is 93.7 Å². The zero-order valence-electron chi connectivity index (χ0n) is 8.48. The molecule has 0 bridgehead atoms. The van der Waals surface area contributed by atoms with Crippen LogP contribution in [0.4, 0.5) is 5.69 Å². The summed E-state index contributed by atoms with van der Waals surface area (Å²) >= 11 is 2.03. The average molecular weight is 228 g/mol. The average Bonchev–Trinajstić information content (AvgIpc) is 2.33. The van der Waals surface area contributed by atoms with E-state index in [1.54, 1.807) is 24.3 Å². The molecule has 1 fully saturated rings. The highest BCUT2D eigenvalue weighted by atomic mass is 32.2. The van der Waals surface area contributed by atoms with E-state index in [-0.39, 0.29) is 5.48 Å². The first-order valence-corrected chi connectivity index (χ1v) is 5.76. The Kier molecular flexibility index (Phi) is 9.05. The van der Waals surface area contributed by atoms with Crippen LogP contribution in [0, 0.1) is 4.91 Å². The van der Waals surface area contributed by atoms with Crippen LogP contribution in [0.3, 0.4) is 0 Å². The third-order valence-electron chi connectivity index (χ3n) is 1.71. The summed E-state index contributed by atoms with van der Waals surface area (Å²) in [4.78, 5) is 9.76. The summed E-state index contributed by atoms with van der Waals surface area (Å²) in [6.45, 7) is 2.43. The van der Waals surface area contributed by atoms with Crippen LogP contribution >= 0.6 is 11.8 Å². The van der Waals surface area contributed by atoms with Gasteiger partial charge in [0.2, 0.25) is 0 Å². The lowest BCUT2D eigenvalue weighted by Gasteiger charge is -2.08. The molecule has 4 nitrogen and oxygen atoms in total. The highest BCUT2D eigenvalue weighted by Crippen LogP contribution is 2.07. The van der Waals surface area contributed by atoms with Crippen LogP contribution in [0.15, 0.2) is 35.5 Å². The Bertz CT molecular complexity index is 241. The van der Waals surface area contributed by atoms with Crippen molar-refractivity contribution in [3.63, 3.8) is 0 Å². The number of rotatable bonds is 1. The molecule has 0 aliphatic carbocycles. The third-order valence-corrected chi connectivity index (χ3v) is 2.69. The Morgan fingerprint density at radius 2 is 1.73 bits per heavy atom. The monoisotopic (exact) mass is 228 g/mol. The maximum atomic E-state index is 9.76. The molecule has 0 unspecified atom stereocenters. The minimum atomic E-state index is 0. The van der Waals surface area contributed by atoms with Crippen LogP contribution in [-0.4, -0.2) is 30.1 Å². The number of hydrogen-bond donors (Lipinski definition) is 1. The fraction of sp³-hybridized carbons (Fsp3) is 0.400. The Hall–Kier alpha value is -0.910. The van der Waals surface area contributed by atoms with Gasteiger partial charge in [-0.2, -0.15) is 11.8 Å². The van der Waals surface area contributed by atoms with Crippen molar-refractivity contribution < 1.29 is 5.48 Å². The molecular formula is C10H16N2O2S. The van der Waals surface area contributed by atoms with Gasteiger partial charge in [-0.15, -0.1) is 4.91 Å². The standard InChI is InChI=1S/C6H5NO.C4H9NS.H2O/c8-7-6-4-2-1-3-5-6;1-3-6-4-2-5-1;/h1-5H;5H,1-4H2;1H2. The molecule has 1 aromatic rings. The molecule has 5 heteroatoms. The second kappa shape index (κ2) is 9.64. The zero-order chi connectivity index (χ0) is 10.1. The lowest BCUT2D eigenvalue weighted by Crippen LogP contribution is -2.24. The topological polar surface area (TPSA) is 73.0 Å². The summed E-state index contributed by atoms with van der Waals surface area (Å²) in [5.74, 6) is 2.61. The molecule has 1 aromatic carbocycles. The van der Waals surface area contributed by atoms with Gasteiger partial charge in [0.15, 0.2) is 0 Å². The largest absolute Gasteiger partial charge is 0.412 e. The third kappa shape index (κ3) is 7.07. The Morgan fingerprint density at radius 3 is 2.00 bits per heavy atom. The fourth-order valence-corrected chi connectivity index (χ4v) is 1.79. The molecule has 1 aliphatic rings. The summed E-state index contributed by atoms with van der Waals surface area (Å²) < 4.78 is 0. The van der Waals surface area contributed by atoms with E-state index in [4.69, 9.17) is 0 Å². The number of thioether (sulfide) groups is 1. The molecule has 0 amide bonds. The Balaban J connectivity index is 0.000000253. The second-order valence-corrected chi connectivity index (χ2v) is 4.01. The van der Waals surface area contributed by atoms with Crippen molar-refractivity contribution in [3.8, 4) is 0 Å². The molecule has 3 N–H and O–H groups in total. The van der Waals surface area contributed by atoms with Crippen molar-refractivity contribution in [2.45, 2.75) is 0 Å². The second-order valence-electron chi connectivity index (χ2n) is 2.79. The van der Waals surface area contributed by atoms with Crippen LogP contribution in [-0.2, 0) is 0 Å². The number of benzene rings is 1. The van der Waals surface area contributed by atoms with E-state index in [1.807, 2.05) is 17.8 Å². The minimum Gasteiger partial charge on any atom is -0.412 e. The van der Waals surface area contributed by atoms with Crippen LogP contribution in [0.1, 0.15) is 0 Å². The molecule has 1 saturated heterocycles. The van der Waals surface area contributed by atoms with Gasteiger partial charge in [0.1, 0.15) is 5.69 Å². The van der Waals surface area contributed by atoms with E-state index in [0.29, 0.717) is 5.69 Å². The van der Waals surface area contributed by atoms with Gasteiger partial charge >= 0.3 is 0 Å². The van der Waals surface area contributed by atoms with Gasteiger partial charge in [-0.3, -0.25) is 0 Å².